The van der Waals surface area contributed by atoms with E-state index < -0.39 is 0 Å². The maximum Gasteiger partial charge on any atom is 0.267 e. The second-order valence-corrected chi connectivity index (χ2v) is 8.11. The van der Waals surface area contributed by atoms with Crippen molar-refractivity contribution in [3.8, 4) is 0 Å². The van der Waals surface area contributed by atoms with Crippen molar-refractivity contribution in [2.45, 2.75) is 33.4 Å². The van der Waals surface area contributed by atoms with Crippen molar-refractivity contribution >= 4 is 34.5 Å². The van der Waals surface area contributed by atoms with Crippen molar-refractivity contribution in [3.63, 3.8) is 0 Å². The summed E-state index contributed by atoms with van der Waals surface area (Å²) in [6.45, 7) is 4.88. The molecule has 4 rings (SSSR count). The van der Waals surface area contributed by atoms with Crippen molar-refractivity contribution in [2.24, 2.45) is 11.4 Å². The van der Waals surface area contributed by atoms with Gasteiger partial charge in [-0.1, -0.05) is 6.92 Å². The minimum absolute atomic E-state index is 0.221. The summed E-state index contributed by atoms with van der Waals surface area (Å²) in [5, 5.41) is 8.52. The summed E-state index contributed by atoms with van der Waals surface area (Å²) in [5.41, 5.74) is 2.33. The summed E-state index contributed by atoms with van der Waals surface area (Å²) < 4.78 is 23.1. The van der Waals surface area contributed by atoms with Crippen molar-refractivity contribution in [1.29, 1.82) is 0 Å². The zero-order valence-electron chi connectivity index (χ0n) is 18.9. The zero-order chi connectivity index (χ0) is 23.5. The molecule has 172 valence electrons. The predicted octanol–water partition coefficient (Wildman–Crippen LogP) is 3.15. The van der Waals surface area contributed by atoms with Gasteiger partial charge in [0.25, 0.3) is 5.56 Å². The fourth-order valence-electron chi connectivity index (χ4n) is 3.58. The van der Waals surface area contributed by atoms with Gasteiger partial charge in [-0.05, 0) is 49.6 Å². The van der Waals surface area contributed by atoms with Crippen LogP contribution < -0.4 is 16.5 Å². The molecule has 0 saturated carbocycles. The molecule has 0 bridgehead atoms. The number of halogens is 1. The van der Waals surface area contributed by atoms with Crippen LogP contribution in [0.3, 0.4) is 0 Å². The van der Waals surface area contributed by atoms with E-state index in [2.05, 4.69) is 26.6 Å². The molecule has 4 aromatic rings. The number of aryl methyl sites for hydroxylation is 2. The van der Waals surface area contributed by atoms with E-state index in [0.717, 1.165) is 12.0 Å². The first-order chi connectivity index (χ1) is 15.9. The van der Waals surface area contributed by atoms with E-state index in [1.807, 2.05) is 17.7 Å². The molecule has 0 aliphatic heterocycles. The van der Waals surface area contributed by atoms with Crippen molar-refractivity contribution in [2.75, 3.05) is 11.6 Å². The summed E-state index contributed by atoms with van der Waals surface area (Å²) in [7, 11) is 1.70. The van der Waals surface area contributed by atoms with Crippen LogP contribution in [0.15, 0.2) is 45.9 Å². The minimum atomic E-state index is -0.337. The lowest BCUT2D eigenvalue weighted by molar-refractivity contribution is 0.593. The van der Waals surface area contributed by atoms with Crippen LogP contribution >= 0.6 is 11.9 Å². The normalized spacial score (nSPS) is 12.0. The second-order valence-electron chi connectivity index (χ2n) is 7.56. The number of fused-ring (bicyclic) bond motifs is 1. The molecule has 0 radical (unpaired) electrons. The van der Waals surface area contributed by atoms with Gasteiger partial charge in [0.15, 0.2) is 5.65 Å². The number of aromatic nitrogens is 6. The molecule has 0 unspecified atom stereocenters. The van der Waals surface area contributed by atoms with E-state index in [-0.39, 0.29) is 11.4 Å². The van der Waals surface area contributed by atoms with Crippen LogP contribution in [0.1, 0.15) is 24.7 Å². The molecule has 33 heavy (non-hydrogen) atoms. The number of rotatable bonds is 7. The summed E-state index contributed by atoms with van der Waals surface area (Å²) >= 11 is 1.29. The highest BCUT2D eigenvalue weighted by atomic mass is 32.2. The van der Waals surface area contributed by atoms with Crippen molar-refractivity contribution in [1.82, 2.24) is 28.9 Å². The highest BCUT2D eigenvalue weighted by molar-refractivity contribution is 7.97. The van der Waals surface area contributed by atoms with Gasteiger partial charge < -0.3 is 5.32 Å². The smallest absolute Gasteiger partial charge is 0.267 e. The first-order valence-corrected chi connectivity index (χ1v) is 11.7. The Kier molecular flexibility index (Phi) is 6.59. The maximum atomic E-state index is 13.5. The molecule has 9 nitrogen and oxygen atoms in total. The van der Waals surface area contributed by atoms with Crippen molar-refractivity contribution in [3.05, 3.63) is 69.8 Å². The van der Waals surface area contributed by atoms with Crippen LogP contribution in [0.25, 0.3) is 11.0 Å². The third-order valence-corrected chi connectivity index (χ3v) is 5.49. The molecular formula is C22H25FN8OS. The Morgan fingerprint density at radius 3 is 2.52 bits per heavy atom. The van der Waals surface area contributed by atoms with E-state index in [9.17, 15) is 9.18 Å². The van der Waals surface area contributed by atoms with E-state index in [1.54, 1.807) is 36.3 Å². The Morgan fingerprint density at radius 2 is 1.88 bits per heavy atom. The predicted molar refractivity (Wildman–Crippen MR) is 128 cm³/mol. The minimum Gasteiger partial charge on any atom is -0.340 e. The Hall–Kier alpha value is -3.47. The second kappa shape index (κ2) is 9.57. The summed E-state index contributed by atoms with van der Waals surface area (Å²) in [5.74, 6) is 0.848. The molecular weight excluding hydrogens is 443 g/mol. The van der Waals surface area contributed by atoms with Gasteiger partial charge in [-0.25, -0.2) is 19.0 Å². The topological polar surface area (TPSA) is 94.9 Å². The highest BCUT2D eigenvalue weighted by Gasteiger charge is 2.21. The van der Waals surface area contributed by atoms with E-state index >= 15 is 0 Å². The van der Waals surface area contributed by atoms with Gasteiger partial charge in [0.1, 0.15) is 22.8 Å². The highest BCUT2D eigenvalue weighted by Crippen LogP contribution is 2.25. The van der Waals surface area contributed by atoms with Gasteiger partial charge in [0.05, 0.1) is 6.54 Å². The van der Waals surface area contributed by atoms with E-state index in [4.69, 9.17) is 5.10 Å². The summed E-state index contributed by atoms with van der Waals surface area (Å²) in [6, 6.07) is 5.97. The number of benzene rings is 1. The van der Waals surface area contributed by atoms with E-state index in [0.29, 0.717) is 47.1 Å². The lowest BCUT2D eigenvalue weighted by Gasteiger charge is -2.11. The van der Waals surface area contributed by atoms with Gasteiger partial charge in [-0.15, -0.1) is 0 Å². The molecule has 3 heterocycles. The molecule has 0 saturated heterocycles. The first-order valence-electron chi connectivity index (χ1n) is 10.5. The molecule has 11 heteroatoms. The third kappa shape index (κ3) is 4.54. The summed E-state index contributed by atoms with van der Waals surface area (Å²) in [6.07, 6.45) is 6.17. The molecule has 1 N–H and O–H groups in total. The van der Waals surface area contributed by atoms with Crippen LogP contribution in [0.5, 0.6) is 0 Å². The fourth-order valence-corrected chi connectivity index (χ4v) is 3.96. The average molecular weight is 469 g/mol. The lowest BCUT2D eigenvalue weighted by atomic mass is 10.3. The number of hydrogen-bond donors (Lipinski definition) is 1. The fraction of sp³-hybridized carbons (Fsp3) is 0.318. The van der Waals surface area contributed by atoms with Gasteiger partial charge in [-0.2, -0.15) is 9.50 Å². The molecule has 0 amide bonds. The van der Waals surface area contributed by atoms with Crippen LogP contribution in [0, 0.1) is 12.7 Å². The van der Waals surface area contributed by atoms with Crippen molar-refractivity contribution < 1.29 is 4.39 Å². The standard InChI is InChI=1S/C22H25FN8OS/c1-5-10-30-20-18(21(32)29(3)22(30)28-33-4)19(26-17-8-6-16(23)7-9-17)31(27-20)13-15-11-24-14(2)25-12-15/h6-9,11-12,26H,5,10,13H2,1-4H3. The van der Waals surface area contributed by atoms with E-state index in [1.165, 1.54) is 28.6 Å². The quantitative estimate of drug-likeness (QED) is 0.419. The molecule has 0 aliphatic carbocycles. The molecule has 0 atom stereocenters. The van der Waals surface area contributed by atoms with Gasteiger partial charge >= 0.3 is 0 Å². The molecule has 0 aliphatic rings. The van der Waals surface area contributed by atoms with Crippen LogP contribution in [-0.2, 0) is 20.1 Å². The maximum absolute atomic E-state index is 13.5. The zero-order valence-corrected chi connectivity index (χ0v) is 19.7. The van der Waals surface area contributed by atoms with Gasteiger partial charge in [0, 0.05) is 43.5 Å². The number of anilines is 2. The summed E-state index contributed by atoms with van der Waals surface area (Å²) in [4.78, 5) is 22.0. The Morgan fingerprint density at radius 1 is 1.18 bits per heavy atom. The van der Waals surface area contributed by atoms with Gasteiger partial charge in [0.2, 0.25) is 5.62 Å². The molecule has 0 spiro atoms. The Balaban J connectivity index is 1.99. The monoisotopic (exact) mass is 468 g/mol. The van der Waals surface area contributed by atoms with Crippen LogP contribution in [-0.4, -0.2) is 35.1 Å². The number of nitrogens with zero attached hydrogens (tertiary/aromatic N) is 7. The Bertz CT molecular complexity index is 1400. The third-order valence-electron chi connectivity index (χ3n) is 5.14. The Labute approximate surface area is 194 Å². The average Bonchev–Trinajstić information content (AvgIpc) is 3.15. The SMILES string of the molecule is CCCn1c(=NSC)n(C)c(=O)c2c(Nc3ccc(F)cc3)n(Cc3cnc(C)nc3)nc21. The largest absolute Gasteiger partial charge is 0.340 e. The molecule has 3 aromatic heterocycles. The lowest BCUT2D eigenvalue weighted by Crippen LogP contribution is -2.39. The van der Waals surface area contributed by atoms with Gasteiger partial charge in [-0.3, -0.25) is 13.9 Å². The van der Waals surface area contributed by atoms with Crippen LogP contribution in [0.2, 0.25) is 0 Å². The van der Waals surface area contributed by atoms with Crippen LogP contribution in [0.4, 0.5) is 15.9 Å². The number of hydrogen-bond acceptors (Lipinski definition) is 7. The first kappa shape index (κ1) is 22.7. The molecule has 0 fully saturated rings. The molecule has 1 aromatic carbocycles. The number of nitrogens with one attached hydrogen (secondary N) is 1.